The second kappa shape index (κ2) is 12.3. The summed E-state index contributed by atoms with van der Waals surface area (Å²) in [5.41, 5.74) is 0. The van der Waals surface area contributed by atoms with Crippen LogP contribution in [-0.2, 0) is 9.47 Å². The molecule has 0 aliphatic carbocycles. The molecule has 3 unspecified atom stereocenters. The molecule has 0 amide bonds. The molecule has 2 aliphatic heterocycles. The standard InChI is InChI=1S/C20H38O3/c21-15-11-10-13-18(20-17-23-20)12-8-6-4-2-1-3-5-7-9-14-19-16-22-19/h18-21H,1-17H2. The first kappa shape index (κ1) is 19.2. The van der Waals surface area contributed by atoms with Gasteiger partial charge in [-0.15, -0.1) is 0 Å². The van der Waals surface area contributed by atoms with Crippen molar-refractivity contribution in [2.45, 2.75) is 102 Å². The number of aliphatic hydroxyl groups excluding tert-OH is 1. The first-order valence-electron chi connectivity index (χ1n) is 10.2. The second-order valence-corrected chi connectivity index (χ2v) is 7.57. The van der Waals surface area contributed by atoms with Crippen LogP contribution in [0.5, 0.6) is 0 Å². The van der Waals surface area contributed by atoms with Crippen molar-refractivity contribution in [2.24, 2.45) is 5.92 Å². The molecule has 0 aromatic carbocycles. The van der Waals surface area contributed by atoms with Crippen LogP contribution in [0.2, 0.25) is 0 Å². The molecule has 2 rings (SSSR count). The lowest BCUT2D eigenvalue weighted by atomic mass is 9.92. The van der Waals surface area contributed by atoms with E-state index in [-0.39, 0.29) is 0 Å². The highest BCUT2D eigenvalue weighted by atomic mass is 16.6. The van der Waals surface area contributed by atoms with Crippen LogP contribution in [0.4, 0.5) is 0 Å². The van der Waals surface area contributed by atoms with Crippen LogP contribution in [-0.4, -0.2) is 37.1 Å². The third-order valence-electron chi connectivity index (χ3n) is 5.37. The normalized spacial score (nSPS) is 23.9. The molecule has 23 heavy (non-hydrogen) atoms. The second-order valence-electron chi connectivity index (χ2n) is 7.57. The molecule has 3 atom stereocenters. The molecule has 136 valence electrons. The molecule has 0 spiro atoms. The van der Waals surface area contributed by atoms with Crippen molar-refractivity contribution in [1.29, 1.82) is 0 Å². The van der Waals surface area contributed by atoms with Crippen LogP contribution in [0.25, 0.3) is 0 Å². The summed E-state index contributed by atoms with van der Waals surface area (Å²) >= 11 is 0. The summed E-state index contributed by atoms with van der Waals surface area (Å²) in [6.07, 6.45) is 19.8. The van der Waals surface area contributed by atoms with E-state index in [2.05, 4.69) is 0 Å². The Morgan fingerprint density at radius 2 is 1.22 bits per heavy atom. The average Bonchev–Trinajstić information content (AvgIpc) is 3.44. The smallest absolute Gasteiger partial charge is 0.0838 e. The highest BCUT2D eigenvalue weighted by Crippen LogP contribution is 2.29. The van der Waals surface area contributed by atoms with Crippen molar-refractivity contribution in [3.8, 4) is 0 Å². The monoisotopic (exact) mass is 326 g/mol. The Hall–Kier alpha value is -0.120. The number of rotatable bonds is 17. The van der Waals surface area contributed by atoms with Gasteiger partial charge in [0.05, 0.1) is 25.4 Å². The Labute approximate surface area is 143 Å². The summed E-state index contributed by atoms with van der Waals surface area (Å²) < 4.78 is 10.7. The van der Waals surface area contributed by atoms with Crippen LogP contribution in [0.1, 0.15) is 89.9 Å². The van der Waals surface area contributed by atoms with Gasteiger partial charge >= 0.3 is 0 Å². The molecule has 2 saturated heterocycles. The van der Waals surface area contributed by atoms with Crippen LogP contribution >= 0.6 is 0 Å². The Bertz CT molecular complexity index is 274. The fourth-order valence-electron chi connectivity index (χ4n) is 3.61. The van der Waals surface area contributed by atoms with Gasteiger partial charge in [-0.05, 0) is 31.6 Å². The largest absolute Gasteiger partial charge is 0.396 e. The maximum absolute atomic E-state index is 8.89. The van der Waals surface area contributed by atoms with E-state index in [0.717, 1.165) is 32.0 Å². The van der Waals surface area contributed by atoms with Gasteiger partial charge in [0.15, 0.2) is 0 Å². The third-order valence-corrected chi connectivity index (χ3v) is 5.37. The molecule has 0 saturated carbocycles. The fraction of sp³-hybridized carbons (Fsp3) is 1.00. The SMILES string of the molecule is OCCCCC(CCCCCCCCCCCC1CO1)C1CO1. The molecule has 0 aromatic heterocycles. The van der Waals surface area contributed by atoms with Crippen molar-refractivity contribution >= 4 is 0 Å². The first-order valence-corrected chi connectivity index (χ1v) is 10.2. The number of unbranched alkanes of at least 4 members (excludes halogenated alkanes) is 9. The summed E-state index contributed by atoms with van der Waals surface area (Å²) in [5, 5.41) is 8.89. The highest BCUT2D eigenvalue weighted by molar-refractivity contribution is 4.79. The van der Waals surface area contributed by atoms with Gasteiger partial charge in [-0.3, -0.25) is 0 Å². The first-order chi connectivity index (χ1) is 11.4. The predicted octanol–water partition coefficient (Wildman–Crippen LogP) is 4.85. The quantitative estimate of drug-likeness (QED) is 0.307. The third kappa shape index (κ3) is 10.4. The van der Waals surface area contributed by atoms with Gasteiger partial charge in [-0.2, -0.15) is 0 Å². The van der Waals surface area contributed by atoms with E-state index in [1.807, 2.05) is 0 Å². The van der Waals surface area contributed by atoms with Crippen LogP contribution < -0.4 is 0 Å². The zero-order chi connectivity index (χ0) is 16.2. The lowest BCUT2D eigenvalue weighted by Gasteiger charge is -2.13. The number of aliphatic hydroxyl groups is 1. The Balaban J connectivity index is 1.31. The van der Waals surface area contributed by atoms with E-state index in [1.165, 1.54) is 77.0 Å². The Morgan fingerprint density at radius 3 is 1.74 bits per heavy atom. The van der Waals surface area contributed by atoms with Crippen LogP contribution in [0.15, 0.2) is 0 Å². The van der Waals surface area contributed by atoms with Crippen LogP contribution in [0.3, 0.4) is 0 Å². The summed E-state index contributed by atoms with van der Waals surface area (Å²) in [6.45, 7) is 2.35. The van der Waals surface area contributed by atoms with Crippen molar-refractivity contribution in [1.82, 2.24) is 0 Å². The lowest BCUT2D eigenvalue weighted by Crippen LogP contribution is -2.08. The zero-order valence-electron chi connectivity index (χ0n) is 15.0. The molecule has 0 radical (unpaired) electrons. The molecular formula is C20H38O3. The molecule has 2 fully saturated rings. The van der Waals surface area contributed by atoms with E-state index in [0.29, 0.717) is 18.8 Å². The van der Waals surface area contributed by atoms with Gasteiger partial charge in [0, 0.05) is 6.61 Å². The number of hydrogen-bond donors (Lipinski definition) is 1. The van der Waals surface area contributed by atoms with E-state index >= 15 is 0 Å². The van der Waals surface area contributed by atoms with Gasteiger partial charge in [-0.25, -0.2) is 0 Å². The van der Waals surface area contributed by atoms with Gasteiger partial charge in [-0.1, -0.05) is 64.2 Å². The van der Waals surface area contributed by atoms with Crippen molar-refractivity contribution in [2.75, 3.05) is 19.8 Å². The average molecular weight is 327 g/mol. The summed E-state index contributed by atoms with van der Waals surface area (Å²) in [6, 6.07) is 0. The minimum absolute atomic E-state index is 0.340. The number of ether oxygens (including phenoxy) is 2. The zero-order valence-corrected chi connectivity index (χ0v) is 15.0. The predicted molar refractivity (Wildman–Crippen MR) is 94.7 cm³/mol. The maximum Gasteiger partial charge on any atom is 0.0838 e. The van der Waals surface area contributed by atoms with Gasteiger partial charge < -0.3 is 14.6 Å². The van der Waals surface area contributed by atoms with E-state index in [1.54, 1.807) is 0 Å². The van der Waals surface area contributed by atoms with Gasteiger partial charge in [0.25, 0.3) is 0 Å². The van der Waals surface area contributed by atoms with Gasteiger partial charge in [0.2, 0.25) is 0 Å². The molecule has 0 aromatic rings. The molecular weight excluding hydrogens is 288 g/mol. The Morgan fingerprint density at radius 1 is 0.696 bits per heavy atom. The minimum atomic E-state index is 0.340. The van der Waals surface area contributed by atoms with Gasteiger partial charge in [0.1, 0.15) is 0 Å². The van der Waals surface area contributed by atoms with E-state index < -0.39 is 0 Å². The molecule has 3 nitrogen and oxygen atoms in total. The fourth-order valence-corrected chi connectivity index (χ4v) is 3.61. The van der Waals surface area contributed by atoms with Crippen LogP contribution in [0, 0.1) is 5.92 Å². The lowest BCUT2D eigenvalue weighted by molar-refractivity contribution is 0.258. The maximum atomic E-state index is 8.89. The molecule has 2 aliphatic rings. The van der Waals surface area contributed by atoms with E-state index in [4.69, 9.17) is 14.6 Å². The number of epoxide rings is 2. The molecule has 1 N–H and O–H groups in total. The number of hydrogen-bond acceptors (Lipinski definition) is 3. The summed E-state index contributed by atoms with van der Waals surface area (Å²) in [5.74, 6) is 0.761. The molecule has 3 heteroatoms. The summed E-state index contributed by atoms with van der Waals surface area (Å²) in [4.78, 5) is 0. The van der Waals surface area contributed by atoms with E-state index in [9.17, 15) is 0 Å². The Kier molecular flexibility index (Phi) is 10.2. The van der Waals surface area contributed by atoms with Crippen molar-refractivity contribution < 1.29 is 14.6 Å². The molecule has 0 bridgehead atoms. The molecule has 2 heterocycles. The topological polar surface area (TPSA) is 45.3 Å². The highest BCUT2D eigenvalue weighted by Gasteiger charge is 2.31. The van der Waals surface area contributed by atoms with Crippen molar-refractivity contribution in [3.63, 3.8) is 0 Å². The summed E-state index contributed by atoms with van der Waals surface area (Å²) in [7, 11) is 0. The van der Waals surface area contributed by atoms with Crippen molar-refractivity contribution in [3.05, 3.63) is 0 Å². The minimum Gasteiger partial charge on any atom is -0.396 e.